The first-order valence-electron chi connectivity index (χ1n) is 6.63. The Kier molecular flexibility index (Phi) is 3.88. The topological polar surface area (TPSA) is 24.5 Å². The number of hydrogen-bond donors (Lipinski definition) is 1. The molecule has 0 aromatic heterocycles. The maximum absolute atomic E-state index is 5.58. The van der Waals surface area contributed by atoms with Gasteiger partial charge in [-0.05, 0) is 51.7 Å². The second-order valence-corrected chi connectivity index (χ2v) is 5.97. The van der Waals surface area contributed by atoms with Gasteiger partial charge in [0.05, 0.1) is 6.10 Å². The third-order valence-electron chi connectivity index (χ3n) is 4.36. The highest BCUT2D eigenvalue weighted by Gasteiger charge is 2.31. The number of piperidine rings is 1. The van der Waals surface area contributed by atoms with Crippen molar-refractivity contribution in [1.29, 1.82) is 0 Å². The summed E-state index contributed by atoms with van der Waals surface area (Å²) in [5.74, 6) is 0. The first-order valence-corrected chi connectivity index (χ1v) is 6.63. The molecule has 0 aliphatic carbocycles. The SMILES string of the molecule is CC1OCCC1NCC1(C)CCN(C)CC1. The summed E-state index contributed by atoms with van der Waals surface area (Å²) in [6, 6.07) is 0.580. The fourth-order valence-corrected chi connectivity index (χ4v) is 2.71. The van der Waals surface area contributed by atoms with Gasteiger partial charge in [-0.15, -0.1) is 0 Å². The number of hydrogen-bond acceptors (Lipinski definition) is 3. The lowest BCUT2D eigenvalue weighted by Gasteiger charge is -2.39. The van der Waals surface area contributed by atoms with Crippen LogP contribution in [0.3, 0.4) is 0 Å². The summed E-state index contributed by atoms with van der Waals surface area (Å²) in [5, 5.41) is 3.71. The van der Waals surface area contributed by atoms with Gasteiger partial charge in [-0.25, -0.2) is 0 Å². The molecule has 3 nitrogen and oxygen atoms in total. The maximum atomic E-state index is 5.58. The molecule has 3 heteroatoms. The average molecular weight is 226 g/mol. The average Bonchev–Trinajstić information content (AvgIpc) is 2.67. The second-order valence-electron chi connectivity index (χ2n) is 5.97. The van der Waals surface area contributed by atoms with Crippen LogP contribution in [0.5, 0.6) is 0 Å². The molecule has 2 unspecified atom stereocenters. The van der Waals surface area contributed by atoms with Crippen molar-refractivity contribution in [3.63, 3.8) is 0 Å². The van der Waals surface area contributed by atoms with Gasteiger partial charge < -0.3 is 15.0 Å². The van der Waals surface area contributed by atoms with Gasteiger partial charge in [-0.2, -0.15) is 0 Å². The molecule has 94 valence electrons. The van der Waals surface area contributed by atoms with Crippen LogP contribution in [0.2, 0.25) is 0 Å². The minimum absolute atomic E-state index is 0.398. The zero-order valence-electron chi connectivity index (χ0n) is 11.0. The molecule has 16 heavy (non-hydrogen) atoms. The van der Waals surface area contributed by atoms with E-state index in [0.29, 0.717) is 17.6 Å². The largest absolute Gasteiger partial charge is 0.377 e. The summed E-state index contributed by atoms with van der Waals surface area (Å²) < 4.78 is 5.58. The Balaban J connectivity index is 1.76. The third kappa shape index (κ3) is 2.96. The Morgan fingerprint density at radius 1 is 1.38 bits per heavy atom. The van der Waals surface area contributed by atoms with Crippen molar-refractivity contribution >= 4 is 0 Å². The smallest absolute Gasteiger partial charge is 0.0700 e. The van der Waals surface area contributed by atoms with Crippen LogP contribution >= 0.6 is 0 Å². The van der Waals surface area contributed by atoms with Crippen LogP contribution in [0, 0.1) is 5.41 Å². The predicted octanol–water partition coefficient (Wildman–Crippen LogP) is 1.49. The Morgan fingerprint density at radius 3 is 2.62 bits per heavy atom. The lowest BCUT2D eigenvalue weighted by molar-refractivity contribution is 0.101. The predicted molar refractivity (Wildman–Crippen MR) is 66.7 cm³/mol. The lowest BCUT2D eigenvalue weighted by Crippen LogP contribution is -2.46. The quantitative estimate of drug-likeness (QED) is 0.789. The number of likely N-dealkylation sites (tertiary alicyclic amines) is 1. The number of ether oxygens (including phenoxy) is 1. The molecule has 2 aliphatic heterocycles. The summed E-state index contributed by atoms with van der Waals surface area (Å²) in [7, 11) is 2.22. The fourth-order valence-electron chi connectivity index (χ4n) is 2.71. The van der Waals surface area contributed by atoms with E-state index in [1.807, 2.05) is 0 Å². The zero-order valence-corrected chi connectivity index (χ0v) is 11.0. The second kappa shape index (κ2) is 5.03. The fraction of sp³-hybridized carbons (Fsp3) is 1.00. The van der Waals surface area contributed by atoms with Gasteiger partial charge in [0, 0.05) is 19.2 Å². The summed E-state index contributed by atoms with van der Waals surface area (Å²) in [5.41, 5.74) is 0.495. The minimum atomic E-state index is 0.398. The van der Waals surface area contributed by atoms with E-state index in [0.717, 1.165) is 13.2 Å². The molecule has 1 N–H and O–H groups in total. The molecule has 2 heterocycles. The van der Waals surface area contributed by atoms with Gasteiger partial charge in [-0.1, -0.05) is 6.92 Å². The van der Waals surface area contributed by atoms with E-state index in [1.54, 1.807) is 0 Å². The monoisotopic (exact) mass is 226 g/mol. The van der Waals surface area contributed by atoms with Crippen molar-refractivity contribution < 1.29 is 4.74 Å². The zero-order chi connectivity index (χ0) is 11.6. The van der Waals surface area contributed by atoms with E-state index in [9.17, 15) is 0 Å². The highest BCUT2D eigenvalue weighted by molar-refractivity contribution is 4.87. The summed E-state index contributed by atoms with van der Waals surface area (Å²) in [4.78, 5) is 2.43. The Hall–Kier alpha value is -0.120. The highest BCUT2D eigenvalue weighted by Crippen LogP contribution is 2.30. The van der Waals surface area contributed by atoms with Crippen LogP contribution in [0.25, 0.3) is 0 Å². The van der Waals surface area contributed by atoms with Crippen LogP contribution in [0.15, 0.2) is 0 Å². The maximum Gasteiger partial charge on any atom is 0.0700 e. The Bertz CT molecular complexity index is 224. The molecule has 2 rings (SSSR count). The van der Waals surface area contributed by atoms with Crippen molar-refractivity contribution in [2.24, 2.45) is 5.41 Å². The first kappa shape index (κ1) is 12.3. The standard InChI is InChI=1S/C13H26N2O/c1-11-12(4-9-16-11)14-10-13(2)5-7-15(3)8-6-13/h11-12,14H,4-10H2,1-3H3. The van der Waals surface area contributed by atoms with Crippen LogP contribution in [-0.2, 0) is 4.74 Å². The van der Waals surface area contributed by atoms with Gasteiger partial charge in [0.1, 0.15) is 0 Å². The molecule has 2 saturated heterocycles. The van der Waals surface area contributed by atoms with Crippen molar-refractivity contribution in [3.05, 3.63) is 0 Å². The molecular formula is C13H26N2O. The van der Waals surface area contributed by atoms with Crippen molar-refractivity contribution in [2.45, 2.75) is 45.3 Å². The van der Waals surface area contributed by atoms with Gasteiger partial charge >= 0.3 is 0 Å². The number of nitrogens with zero attached hydrogens (tertiary/aromatic N) is 1. The van der Waals surface area contributed by atoms with Crippen molar-refractivity contribution in [1.82, 2.24) is 10.2 Å². The van der Waals surface area contributed by atoms with Crippen LogP contribution in [-0.4, -0.2) is 50.3 Å². The van der Waals surface area contributed by atoms with Gasteiger partial charge in [0.2, 0.25) is 0 Å². The number of rotatable bonds is 3. The van der Waals surface area contributed by atoms with E-state index < -0.39 is 0 Å². The molecule has 0 amide bonds. The molecular weight excluding hydrogens is 200 g/mol. The molecule has 0 saturated carbocycles. The molecule has 0 radical (unpaired) electrons. The molecule has 2 aliphatic rings. The minimum Gasteiger partial charge on any atom is -0.377 e. The van der Waals surface area contributed by atoms with E-state index in [4.69, 9.17) is 4.74 Å². The lowest BCUT2D eigenvalue weighted by atomic mass is 9.80. The van der Waals surface area contributed by atoms with E-state index in [-0.39, 0.29) is 0 Å². The van der Waals surface area contributed by atoms with Crippen LogP contribution in [0.1, 0.15) is 33.1 Å². The normalized spacial score (nSPS) is 35.4. The van der Waals surface area contributed by atoms with Crippen LogP contribution in [0.4, 0.5) is 0 Å². The molecule has 2 fully saturated rings. The van der Waals surface area contributed by atoms with Gasteiger partial charge in [0.25, 0.3) is 0 Å². The van der Waals surface area contributed by atoms with Crippen LogP contribution < -0.4 is 5.32 Å². The molecule has 0 aromatic carbocycles. The van der Waals surface area contributed by atoms with Gasteiger partial charge in [-0.3, -0.25) is 0 Å². The molecule has 2 atom stereocenters. The van der Waals surface area contributed by atoms with Crippen molar-refractivity contribution in [3.8, 4) is 0 Å². The highest BCUT2D eigenvalue weighted by atomic mass is 16.5. The molecule has 0 aromatic rings. The number of nitrogens with one attached hydrogen (secondary N) is 1. The van der Waals surface area contributed by atoms with Gasteiger partial charge in [0.15, 0.2) is 0 Å². The van der Waals surface area contributed by atoms with E-state index in [1.165, 1.54) is 32.4 Å². The third-order valence-corrected chi connectivity index (χ3v) is 4.36. The molecule has 0 spiro atoms. The summed E-state index contributed by atoms with van der Waals surface area (Å²) in [6.07, 6.45) is 4.21. The summed E-state index contributed by atoms with van der Waals surface area (Å²) in [6.45, 7) is 9.18. The first-order chi connectivity index (χ1) is 7.59. The molecule has 0 bridgehead atoms. The van der Waals surface area contributed by atoms with E-state index >= 15 is 0 Å². The van der Waals surface area contributed by atoms with E-state index in [2.05, 4.69) is 31.1 Å². The summed E-state index contributed by atoms with van der Waals surface area (Å²) >= 11 is 0. The van der Waals surface area contributed by atoms with Crippen molar-refractivity contribution in [2.75, 3.05) is 33.3 Å². The Morgan fingerprint density at radius 2 is 2.06 bits per heavy atom. The Labute approximate surface area is 99.5 Å².